The number of benzene rings is 1. The first-order valence-corrected chi connectivity index (χ1v) is 10.0. The number of halogens is 1. The zero-order valence-electron chi connectivity index (χ0n) is 14.9. The highest BCUT2D eigenvalue weighted by atomic mass is 35.5. The van der Waals surface area contributed by atoms with E-state index in [0.29, 0.717) is 17.5 Å². The summed E-state index contributed by atoms with van der Waals surface area (Å²) in [5.74, 6) is -0.370. The third kappa shape index (κ3) is 4.60. The van der Waals surface area contributed by atoms with Crippen LogP contribution >= 0.6 is 12.4 Å². The van der Waals surface area contributed by atoms with Crippen molar-refractivity contribution in [2.75, 3.05) is 19.0 Å². The van der Waals surface area contributed by atoms with Crippen molar-refractivity contribution < 1.29 is 22.7 Å². The van der Waals surface area contributed by atoms with Crippen molar-refractivity contribution in [2.24, 2.45) is 23.5 Å². The summed E-state index contributed by atoms with van der Waals surface area (Å²) in [5.41, 5.74) is 6.57. The summed E-state index contributed by atoms with van der Waals surface area (Å²) in [6, 6.07) is 5.76. The van der Waals surface area contributed by atoms with Gasteiger partial charge in [0, 0.05) is 11.7 Å². The first-order valence-electron chi connectivity index (χ1n) is 8.55. The van der Waals surface area contributed by atoms with Crippen LogP contribution in [0.3, 0.4) is 0 Å². The van der Waals surface area contributed by atoms with E-state index in [1.807, 2.05) is 0 Å². The Balaban J connectivity index is 0.00000261. The molecule has 4 atom stereocenters. The smallest absolute Gasteiger partial charge is 0.320 e. The molecule has 4 unspecified atom stereocenters. The number of nitrogens with two attached hydrogens (primary N) is 1. The Labute approximate surface area is 164 Å². The van der Waals surface area contributed by atoms with Gasteiger partial charge >= 0.3 is 5.97 Å². The second kappa shape index (κ2) is 8.55. The Morgan fingerprint density at radius 2 is 1.96 bits per heavy atom. The molecule has 27 heavy (non-hydrogen) atoms. The number of methoxy groups -OCH3 is 1. The van der Waals surface area contributed by atoms with E-state index in [2.05, 4.69) is 14.8 Å². The number of amides is 1. The highest BCUT2D eigenvalue weighted by Crippen LogP contribution is 2.47. The van der Waals surface area contributed by atoms with Crippen molar-refractivity contribution >= 4 is 40.0 Å². The SMILES string of the molecule is COC(=O)CNS(=O)(=O)c1cccc(NC(=O)C2C3CCC(C3)C2N)c1.Cl. The van der Waals surface area contributed by atoms with E-state index < -0.39 is 22.5 Å². The van der Waals surface area contributed by atoms with Gasteiger partial charge in [0.15, 0.2) is 0 Å². The van der Waals surface area contributed by atoms with Crippen molar-refractivity contribution in [1.82, 2.24) is 4.72 Å². The normalized spacial score (nSPS) is 26.3. The Bertz CT molecular complexity index is 815. The molecular formula is C17H24ClN3O5S. The zero-order chi connectivity index (χ0) is 18.9. The molecule has 10 heteroatoms. The maximum atomic E-state index is 12.6. The highest BCUT2D eigenvalue weighted by molar-refractivity contribution is 7.89. The van der Waals surface area contributed by atoms with Gasteiger partial charge in [0.2, 0.25) is 15.9 Å². The van der Waals surface area contributed by atoms with Crippen molar-refractivity contribution in [1.29, 1.82) is 0 Å². The lowest BCUT2D eigenvalue weighted by molar-refractivity contribution is -0.139. The van der Waals surface area contributed by atoms with Gasteiger partial charge in [-0.05, 0) is 49.3 Å². The van der Waals surface area contributed by atoms with Gasteiger partial charge in [-0.2, -0.15) is 4.72 Å². The average Bonchev–Trinajstić information content (AvgIpc) is 3.21. The van der Waals surface area contributed by atoms with Crippen LogP contribution in [0.25, 0.3) is 0 Å². The van der Waals surface area contributed by atoms with Gasteiger partial charge in [-0.25, -0.2) is 8.42 Å². The Morgan fingerprint density at radius 3 is 2.59 bits per heavy atom. The molecule has 150 valence electrons. The van der Waals surface area contributed by atoms with E-state index in [1.54, 1.807) is 6.07 Å². The Kier molecular flexibility index (Phi) is 6.85. The van der Waals surface area contributed by atoms with Gasteiger partial charge in [0.1, 0.15) is 6.54 Å². The monoisotopic (exact) mass is 417 g/mol. The molecule has 1 aromatic rings. The summed E-state index contributed by atoms with van der Waals surface area (Å²) in [5, 5.41) is 2.78. The number of ether oxygens (including phenoxy) is 1. The number of sulfonamides is 1. The van der Waals surface area contributed by atoms with Crippen LogP contribution in [0.4, 0.5) is 5.69 Å². The minimum absolute atomic E-state index is 0. The molecule has 0 radical (unpaired) electrons. The summed E-state index contributed by atoms with van der Waals surface area (Å²) < 4.78 is 31.1. The second-order valence-corrected chi connectivity index (χ2v) is 8.62. The number of carbonyl (C=O) groups is 2. The number of fused-ring (bicyclic) bond motifs is 2. The largest absolute Gasteiger partial charge is 0.468 e. The molecule has 4 N–H and O–H groups in total. The summed E-state index contributed by atoms with van der Waals surface area (Å²) >= 11 is 0. The lowest BCUT2D eigenvalue weighted by Gasteiger charge is -2.27. The maximum Gasteiger partial charge on any atom is 0.320 e. The lowest BCUT2D eigenvalue weighted by Crippen LogP contribution is -2.42. The number of anilines is 1. The van der Waals surface area contributed by atoms with Gasteiger partial charge in [-0.15, -0.1) is 12.4 Å². The van der Waals surface area contributed by atoms with Crippen LogP contribution in [0, 0.1) is 17.8 Å². The molecule has 0 saturated heterocycles. The summed E-state index contributed by atoms with van der Waals surface area (Å²) in [6.07, 6.45) is 3.09. The van der Waals surface area contributed by atoms with Crippen LogP contribution in [-0.4, -0.2) is 40.0 Å². The van der Waals surface area contributed by atoms with Gasteiger partial charge in [-0.1, -0.05) is 6.07 Å². The van der Waals surface area contributed by atoms with E-state index >= 15 is 0 Å². The molecule has 1 amide bonds. The fraction of sp³-hybridized carbons (Fsp3) is 0.529. The van der Waals surface area contributed by atoms with Crippen molar-refractivity contribution in [2.45, 2.75) is 30.2 Å². The van der Waals surface area contributed by atoms with Crippen LogP contribution in [0.15, 0.2) is 29.2 Å². The predicted molar refractivity (Wildman–Crippen MR) is 102 cm³/mol. The molecule has 0 aliphatic heterocycles. The van der Waals surface area contributed by atoms with E-state index in [4.69, 9.17) is 5.73 Å². The molecule has 2 saturated carbocycles. The van der Waals surface area contributed by atoms with E-state index in [0.717, 1.165) is 19.3 Å². The Morgan fingerprint density at radius 1 is 1.26 bits per heavy atom. The Hall–Kier alpha value is -1.68. The van der Waals surface area contributed by atoms with Gasteiger partial charge in [-0.3, -0.25) is 9.59 Å². The molecule has 3 rings (SSSR count). The van der Waals surface area contributed by atoms with E-state index in [9.17, 15) is 18.0 Å². The number of rotatable bonds is 6. The zero-order valence-corrected chi connectivity index (χ0v) is 16.5. The highest BCUT2D eigenvalue weighted by Gasteiger charge is 2.49. The molecule has 0 spiro atoms. The summed E-state index contributed by atoms with van der Waals surface area (Å²) in [4.78, 5) is 23.7. The topological polar surface area (TPSA) is 128 Å². The third-order valence-electron chi connectivity index (χ3n) is 5.33. The first-order chi connectivity index (χ1) is 12.3. The number of hydrogen-bond acceptors (Lipinski definition) is 6. The number of esters is 1. The molecule has 2 fully saturated rings. The third-order valence-corrected chi connectivity index (χ3v) is 6.73. The molecule has 2 aliphatic carbocycles. The van der Waals surface area contributed by atoms with Gasteiger partial charge < -0.3 is 15.8 Å². The minimum atomic E-state index is -3.89. The molecule has 0 heterocycles. The molecular weight excluding hydrogens is 394 g/mol. The van der Waals surface area contributed by atoms with Crippen molar-refractivity contribution in [3.63, 3.8) is 0 Å². The molecule has 1 aromatic carbocycles. The fourth-order valence-electron chi connectivity index (χ4n) is 4.00. The van der Waals surface area contributed by atoms with Gasteiger partial charge in [0.05, 0.1) is 17.9 Å². The maximum absolute atomic E-state index is 12.6. The van der Waals surface area contributed by atoms with Gasteiger partial charge in [0.25, 0.3) is 0 Å². The number of nitrogens with one attached hydrogen (secondary N) is 2. The minimum Gasteiger partial charge on any atom is -0.468 e. The molecule has 0 aromatic heterocycles. The number of hydrogen-bond donors (Lipinski definition) is 3. The fourth-order valence-corrected chi connectivity index (χ4v) is 5.02. The van der Waals surface area contributed by atoms with Crippen LogP contribution in [0.1, 0.15) is 19.3 Å². The average molecular weight is 418 g/mol. The van der Waals surface area contributed by atoms with Crippen LogP contribution in [-0.2, 0) is 24.3 Å². The quantitative estimate of drug-likeness (QED) is 0.589. The first kappa shape index (κ1) is 21.6. The van der Waals surface area contributed by atoms with E-state index in [1.165, 1.54) is 25.3 Å². The predicted octanol–water partition coefficient (Wildman–Crippen LogP) is 0.872. The summed E-state index contributed by atoms with van der Waals surface area (Å²) in [6.45, 7) is -0.463. The van der Waals surface area contributed by atoms with Crippen LogP contribution in [0.2, 0.25) is 0 Å². The molecule has 2 aliphatic rings. The number of carbonyl (C=O) groups excluding carboxylic acids is 2. The standard InChI is InChI=1S/C17H23N3O5S.ClH/c1-25-14(21)9-19-26(23,24)13-4-2-3-12(8-13)20-17(22)15-10-5-6-11(7-10)16(15)18;/h2-4,8,10-11,15-16,19H,5-7,9,18H2,1H3,(H,20,22);1H. The second-order valence-electron chi connectivity index (χ2n) is 6.85. The lowest BCUT2D eigenvalue weighted by atomic mass is 9.84. The van der Waals surface area contributed by atoms with Crippen LogP contribution in [0.5, 0.6) is 0 Å². The van der Waals surface area contributed by atoms with Crippen molar-refractivity contribution in [3.8, 4) is 0 Å². The summed E-state index contributed by atoms with van der Waals surface area (Å²) in [7, 11) is -2.71. The van der Waals surface area contributed by atoms with Crippen LogP contribution < -0.4 is 15.8 Å². The molecule has 2 bridgehead atoms. The molecule has 8 nitrogen and oxygen atoms in total. The van der Waals surface area contributed by atoms with E-state index in [-0.39, 0.29) is 35.2 Å². The van der Waals surface area contributed by atoms with Crippen molar-refractivity contribution in [3.05, 3.63) is 24.3 Å².